The maximum atomic E-state index is 12.6. The van der Waals surface area contributed by atoms with Gasteiger partial charge in [0, 0.05) is 6.92 Å². The Morgan fingerprint density at radius 2 is 1.94 bits per heavy atom. The highest BCUT2D eigenvalue weighted by atomic mass is 32.2. The van der Waals surface area contributed by atoms with Crippen LogP contribution in [0, 0.1) is 5.82 Å². The average Bonchev–Trinajstić information content (AvgIpc) is 2.19. The van der Waals surface area contributed by atoms with Crippen LogP contribution >= 0.6 is 11.8 Å². The third-order valence-corrected chi connectivity index (χ3v) is 2.90. The summed E-state index contributed by atoms with van der Waals surface area (Å²) in [6, 6.07) is 5.58. The Balaban J connectivity index is 2.71. The molecule has 0 radical (unpaired) electrons. The second-order valence-electron chi connectivity index (χ2n) is 3.27. The number of benzene rings is 1. The van der Waals surface area contributed by atoms with Crippen molar-refractivity contribution in [1.29, 1.82) is 0 Å². The lowest BCUT2D eigenvalue weighted by atomic mass is 10.1. The maximum absolute atomic E-state index is 12.6. The van der Waals surface area contributed by atoms with Crippen molar-refractivity contribution in [3.8, 4) is 0 Å². The van der Waals surface area contributed by atoms with Gasteiger partial charge in [-0.2, -0.15) is 0 Å². The lowest BCUT2D eigenvalue weighted by Crippen LogP contribution is -2.20. The fourth-order valence-corrected chi connectivity index (χ4v) is 1.99. The van der Waals surface area contributed by atoms with Gasteiger partial charge in [-0.15, -0.1) is 0 Å². The number of halogens is 1. The summed E-state index contributed by atoms with van der Waals surface area (Å²) in [6.45, 7) is 1.32. The monoisotopic (exact) mass is 242 g/mol. The number of hydrogen-bond donors (Lipinski definition) is 1. The van der Waals surface area contributed by atoms with Gasteiger partial charge in [-0.25, -0.2) is 4.39 Å². The summed E-state index contributed by atoms with van der Waals surface area (Å²) in [4.78, 5) is 21.7. The zero-order valence-corrected chi connectivity index (χ0v) is 9.46. The Hall–Kier alpha value is -1.36. The van der Waals surface area contributed by atoms with Crippen molar-refractivity contribution in [1.82, 2.24) is 0 Å². The van der Waals surface area contributed by atoms with E-state index in [0.717, 1.165) is 11.8 Å². The first-order valence-corrected chi connectivity index (χ1v) is 5.51. The van der Waals surface area contributed by atoms with Crippen LogP contribution in [-0.2, 0) is 16.0 Å². The van der Waals surface area contributed by atoms with E-state index < -0.39 is 11.2 Å². The topological polar surface area (TPSA) is 54.4 Å². The Bertz CT molecular complexity index is 389. The lowest BCUT2D eigenvalue weighted by molar-refractivity contribution is -0.136. The number of carboxylic acid groups (broad SMARTS) is 1. The number of rotatable bonds is 4. The molecule has 1 atom stereocenters. The molecule has 1 unspecified atom stereocenters. The van der Waals surface area contributed by atoms with Gasteiger partial charge in [-0.3, -0.25) is 9.59 Å². The summed E-state index contributed by atoms with van der Waals surface area (Å²) in [5, 5.41) is 7.83. The van der Waals surface area contributed by atoms with Crippen LogP contribution in [0.5, 0.6) is 0 Å². The van der Waals surface area contributed by atoms with Crippen LogP contribution in [0.1, 0.15) is 12.5 Å². The second kappa shape index (κ2) is 5.65. The maximum Gasteiger partial charge on any atom is 0.317 e. The minimum Gasteiger partial charge on any atom is -0.480 e. The number of carboxylic acids is 1. The smallest absolute Gasteiger partial charge is 0.317 e. The predicted octanol–water partition coefficient (Wildman–Crippen LogP) is 2.10. The van der Waals surface area contributed by atoms with E-state index in [4.69, 9.17) is 5.11 Å². The molecule has 0 bridgehead atoms. The van der Waals surface area contributed by atoms with E-state index in [0.29, 0.717) is 5.56 Å². The molecule has 0 amide bonds. The molecular formula is C11H11FO3S. The zero-order valence-electron chi connectivity index (χ0n) is 8.64. The van der Waals surface area contributed by atoms with E-state index in [9.17, 15) is 14.0 Å². The van der Waals surface area contributed by atoms with Crippen LogP contribution in [-0.4, -0.2) is 21.4 Å². The van der Waals surface area contributed by atoms with Crippen LogP contribution in [0.3, 0.4) is 0 Å². The molecule has 0 aliphatic rings. The molecule has 0 aliphatic carbocycles. The molecule has 1 aromatic carbocycles. The van der Waals surface area contributed by atoms with Gasteiger partial charge in [0.25, 0.3) is 0 Å². The van der Waals surface area contributed by atoms with Gasteiger partial charge in [-0.05, 0) is 24.1 Å². The number of hydrogen-bond acceptors (Lipinski definition) is 3. The Morgan fingerprint density at radius 1 is 1.38 bits per heavy atom. The fourth-order valence-electron chi connectivity index (χ4n) is 1.21. The minimum atomic E-state index is -1.04. The SMILES string of the molecule is CC(=O)SC(Cc1ccc(F)cc1)C(=O)O. The molecule has 0 saturated carbocycles. The van der Waals surface area contributed by atoms with Gasteiger partial charge >= 0.3 is 5.97 Å². The molecule has 0 heterocycles. The first kappa shape index (κ1) is 12.7. The lowest BCUT2D eigenvalue weighted by Gasteiger charge is -2.09. The Morgan fingerprint density at radius 3 is 2.38 bits per heavy atom. The number of carbonyl (C=O) groups excluding carboxylic acids is 1. The molecule has 0 fully saturated rings. The Labute approximate surface area is 96.7 Å². The van der Waals surface area contributed by atoms with Crippen molar-refractivity contribution in [2.45, 2.75) is 18.6 Å². The summed E-state index contributed by atoms with van der Waals surface area (Å²) < 4.78 is 12.6. The fraction of sp³-hybridized carbons (Fsp3) is 0.273. The molecule has 1 aromatic rings. The largest absolute Gasteiger partial charge is 0.480 e. The van der Waals surface area contributed by atoms with Crippen molar-refractivity contribution >= 4 is 22.8 Å². The van der Waals surface area contributed by atoms with E-state index >= 15 is 0 Å². The third kappa shape index (κ3) is 4.02. The van der Waals surface area contributed by atoms with Gasteiger partial charge < -0.3 is 5.11 Å². The van der Waals surface area contributed by atoms with E-state index in [2.05, 4.69) is 0 Å². The molecule has 3 nitrogen and oxygen atoms in total. The molecular weight excluding hydrogens is 231 g/mol. The standard InChI is InChI=1S/C11H11FO3S/c1-7(13)16-10(11(14)15)6-8-2-4-9(12)5-3-8/h2-5,10H,6H2,1H3,(H,14,15). The average molecular weight is 242 g/mol. The van der Waals surface area contributed by atoms with Gasteiger partial charge in [0.05, 0.1) is 0 Å². The van der Waals surface area contributed by atoms with E-state index in [-0.39, 0.29) is 17.4 Å². The molecule has 0 saturated heterocycles. The molecule has 1 rings (SSSR count). The van der Waals surface area contributed by atoms with Crippen molar-refractivity contribution in [2.75, 3.05) is 0 Å². The van der Waals surface area contributed by atoms with Crippen LogP contribution in [0.15, 0.2) is 24.3 Å². The van der Waals surface area contributed by atoms with Crippen LogP contribution in [0.4, 0.5) is 4.39 Å². The summed E-state index contributed by atoms with van der Waals surface area (Å²) in [7, 11) is 0. The zero-order chi connectivity index (χ0) is 12.1. The highest BCUT2D eigenvalue weighted by molar-refractivity contribution is 8.14. The predicted molar refractivity (Wildman–Crippen MR) is 59.8 cm³/mol. The van der Waals surface area contributed by atoms with Gasteiger partial charge in [0.1, 0.15) is 11.1 Å². The second-order valence-corrected chi connectivity index (χ2v) is 4.65. The summed E-state index contributed by atoms with van der Waals surface area (Å²) >= 11 is 0.775. The highest BCUT2D eigenvalue weighted by Gasteiger charge is 2.20. The quantitative estimate of drug-likeness (QED) is 0.878. The van der Waals surface area contributed by atoms with Gasteiger partial charge in [0.2, 0.25) is 0 Å². The van der Waals surface area contributed by atoms with E-state index in [1.807, 2.05) is 0 Å². The van der Waals surface area contributed by atoms with Crippen molar-refractivity contribution in [3.05, 3.63) is 35.6 Å². The summed E-state index contributed by atoms with van der Waals surface area (Å²) in [5.41, 5.74) is 0.697. The summed E-state index contributed by atoms with van der Waals surface area (Å²) in [5.74, 6) is -1.40. The first-order valence-electron chi connectivity index (χ1n) is 4.63. The van der Waals surface area contributed by atoms with E-state index in [1.165, 1.54) is 31.2 Å². The number of aliphatic carboxylic acids is 1. The first-order chi connectivity index (χ1) is 7.49. The van der Waals surface area contributed by atoms with Crippen LogP contribution < -0.4 is 0 Å². The number of carbonyl (C=O) groups is 2. The highest BCUT2D eigenvalue weighted by Crippen LogP contribution is 2.18. The molecule has 0 spiro atoms. The van der Waals surface area contributed by atoms with Crippen LogP contribution in [0.25, 0.3) is 0 Å². The molecule has 0 aliphatic heterocycles. The summed E-state index contributed by atoms with van der Waals surface area (Å²) in [6.07, 6.45) is 0.208. The molecule has 5 heteroatoms. The molecule has 0 aromatic heterocycles. The minimum absolute atomic E-state index is 0.208. The molecule has 86 valence electrons. The Kier molecular flexibility index (Phi) is 4.49. The van der Waals surface area contributed by atoms with Crippen molar-refractivity contribution in [2.24, 2.45) is 0 Å². The normalized spacial score (nSPS) is 12.1. The third-order valence-electron chi connectivity index (χ3n) is 1.92. The van der Waals surface area contributed by atoms with Crippen LogP contribution in [0.2, 0.25) is 0 Å². The van der Waals surface area contributed by atoms with Gasteiger partial charge in [-0.1, -0.05) is 23.9 Å². The van der Waals surface area contributed by atoms with E-state index in [1.54, 1.807) is 0 Å². The van der Waals surface area contributed by atoms with Crippen molar-refractivity contribution in [3.63, 3.8) is 0 Å². The molecule has 1 N–H and O–H groups in total. The molecule has 16 heavy (non-hydrogen) atoms. The van der Waals surface area contributed by atoms with Gasteiger partial charge in [0.15, 0.2) is 5.12 Å². The number of thioether (sulfide) groups is 1. The van der Waals surface area contributed by atoms with Crippen molar-refractivity contribution < 1.29 is 19.1 Å².